The number of carbonyl (C=O) groups excluding carboxylic acids is 1. The topological polar surface area (TPSA) is 66.1 Å². The van der Waals surface area contributed by atoms with Gasteiger partial charge >= 0.3 is 0 Å². The molecule has 2 aromatic rings. The Balaban J connectivity index is 1.74. The molecule has 0 radical (unpaired) electrons. The van der Waals surface area contributed by atoms with E-state index in [2.05, 4.69) is 21.2 Å². The largest absolute Gasteiger partial charge is 0.357 e. The summed E-state index contributed by atoms with van der Waals surface area (Å²) in [6, 6.07) is 15.0. The average molecular weight is 286 g/mol. The van der Waals surface area contributed by atoms with Gasteiger partial charge in [-0.15, -0.1) is 0 Å². The van der Waals surface area contributed by atoms with Crippen LogP contribution in [-0.4, -0.2) is 16.0 Å². The minimum Gasteiger partial charge on any atom is -0.357 e. The molecule has 0 saturated heterocycles. The third kappa shape index (κ3) is 4.33. The maximum atomic E-state index is 11.7. The average Bonchev–Trinajstić information content (AvgIpc) is 2.52. The van der Waals surface area contributed by atoms with Crippen LogP contribution in [0.4, 0.5) is 0 Å². The first kappa shape index (κ1) is 14.0. The molecule has 6 heteroatoms. The highest BCUT2D eigenvalue weighted by Crippen LogP contribution is 1.96. The van der Waals surface area contributed by atoms with E-state index in [9.17, 15) is 4.79 Å². The first-order chi connectivity index (χ1) is 9.75. The Hall–Kier alpha value is -2.47. The van der Waals surface area contributed by atoms with Gasteiger partial charge in [0.1, 0.15) is 5.69 Å². The van der Waals surface area contributed by atoms with Crippen molar-refractivity contribution in [3.05, 3.63) is 66.0 Å². The van der Waals surface area contributed by atoms with E-state index in [1.807, 2.05) is 30.3 Å². The number of thiocarbonyl (C=S) groups is 1. The first-order valence-electron chi connectivity index (χ1n) is 6.05. The van der Waals surface area contributed by atoms with Gasteiger partial charge in [0.05, 0.1) is 0 Å². The van der Waals surface area contributed by atoms with Gasteiger partial charge in [0.25, 0.3) is 5.91 Å². The SMILES string of the molecule is O=C(NNC(=S)NCc1ccccc1)c1ccccn1. The van der Waals surface area contributed by atoms with Crippen molar-refractivity contribution < 1.29 is 4.79 Å². The molecule has 0 spiro atoms. The normalized spacial score (nSPS) is 9.60. The van der Waals surface area contributed by atoms with Gasteiger partial charge in [0, 0.05) is 12.7 Å². The molecule has 0 aliphatic heterocycles. The molecule has 1 aromatic carbocycles. The van der Waals surface area contributed by atoms with Crippen LogP contribution in [0.3, 0.4) is 0 Å². The Bertz CT molecular complexity index is 574. The number of aromatic nitrogens is 1. The molecular formula is C14H14N4OS. The summed E-state index contributed by atoms with van der Waals surface area (Å²) in [6.07, 6.45) is 1.56. The molecule has 2 rings (SSSR count). The zero-order chi connectivity index (χ0) is 14.2. The van der Waals surface area contributed by atoms with Gasteiger partial charge in [-0.1, -0.05) is 36.4 Å². The zero-order valence-corrected chi connectivity index (χ0v) is 11.5. The minimum absolute atomic E-state index is 0.325. The number of amides is 1. The molecule has 0 saturated carbocycles. The fraction of sp³-hybridized carbons (Fsp3) is 0.0714. The van der Waals surface area contributed by atoms with Crippen LogP contribution in [0.15, 0.2) is 54.7 Å². The van der Waals surface area contributed by atoms with Crippen LogP contribution >= 0.6 is 12.2 Å². The van der Waals surface area contributed by atoms with Crippen LogP contribution in [0.5, 0.6) is 0 Å². The summed E-state index contributed by atoms with van der Waals surface area (Å²) in [6.45, 7) is 0.589. The number of carbonyl (C=O) groups is 1. The molecule has 20 heavy (non-hydrogen) atoms. The molecule has 0 aliphatic carbocycles. The van der Waals surface area contributed by atoms with Crippen LogP contribution in [0, 0.1) is 0 Å². The second-order valence-corrected chi connectivity index (χ2v) is 4.37. The molecule has 1 aromatic heterocycles. The number of pyridine rings is 1. The van der Waals surface area contributed by atoms with Crippen molar-refractivity contribution in [2.45, 2.75) is 6.54 Å². The van der Waals surface area contributed by atoms with E-state index in [0.29, 0.717) is 17.4 Å². The number of hydrogen-bond acceptors (Lipinski definition) is 3. The summed E-state index contributed by atoms with van der Waals surface area (Å²) in [5.74, 6) is -0.338. The van der Waals surface area contributed by atoms with Gasteiger partial charge in [0.15, 0.2) is 5.11 Å². The van der Waals surface area contributed by atoms with E-state index in [-0.39, 0.29) is 5.91 Å². The lowest BCUT2D eigenvalue weighted by molar-refractivity contribution is 0.0938. The van der Waals surface area contributed by atoms with Crippen LogP contribution < -0.4 is 16.2 Å². The lowest BCUT2D eigenvalue weighted by Gasteiger charge is -2.11. The van der Waals surface area contributed by atoms with Crippen molar-refractivity contribution in [2.24, 2.45) is 0 Å². The third-order valence-electron chi connectivity index (χ3n) is 2.48. The van der Waals surface area contributed by atoms with E-state index < -0.39 is 0 Å². The zero-order valence-electron chi connectivity index (χ0n) is 10.7. The quantitative estimate of drug-likeness (QED) is 0.588. The fourth-order valence-corrected chi connectivity index (χ4v) is 1.62. The molecule has 1 amide bonds. The second-order valence-electron chi connectivity index (χ2n) is 3.96. The monoisotopic (exact) mass is 286 g/mol. The van der Waals surface area contributed by atoms with Crippen LogP contribution in [-0.2, 0) is 6.54 Å². The highest BCUT2D eigenvalue weighted by molar-refractivity contribution is 7.80. The fourth-order valence-electron chi connectivity index (χ4n) is 1.50. The maximum Gasteiger partial charge on any atom is 0.288 e. The van der Waals surface area contributed by atoms with Crippen LogP contribution in [0.2, 0.25) is 0 Å². The van der Waals surface area contributed by atoms with Gasteiger partial charge in [-0.2, -0.15) is 0 Å². The van der Waals surface area contributed by atoms with Gasteiger partial charge in [0.2, 0.25) is 0 Å². The number of hydrazine groups is 1. The lowest BCUT2D eigenvalue weighted by atomic mass is 10.2. The van der Waals surface area contributed by atoms with Crippen molar-refractivity contribution in [1.82, 2.24) is 21.2 Å². The molecule has 3 N–H and O–H groups in total. The number of benzene rings is 1. The highest BCUT2D eigenvalue weighted by Gasteiger charge is 2.05. The standard InChI is InChI=1S/C14H14N4OS/c19-13(12-8-4-5-9-15-12)17-18-14(20)16-10-11-6-2-1-3-7-11/h1-9H,10H2,(H,17,19)(H2,16,18,20). The summed E-state index contributed by atoms with van der Waals surface area (Å²) in [4.78, 5) is 15.6. The molecule has 0 fully saturated rings. The van der Waals surface area contributed by atoms with Gasteiger partial charge in [-0.25, -0.2) is 0 Å². The van der Waals surface area contributed by atoms with Crippen LogP contribution in [0.1, 0.15) is 16.1 Å². The molecule has 1 heterocycles. The van der Waals surface area contributed by atoms with Crippen molar-refractivity contribution >= 4 is 23.2 Å². The first-order valence-corrected chi connectivity index (χ1v) is 6.45. The summed E-state index contributed by atoms with van der Waals surface area (Å²) in [5.41, 5.74) is 6.54. The third-order valence-corrected chi connectivity index (χ3v) is 2.73. The predicted octanol–water partition coefficient (Wildman–Crippen LogP) is 1.39. The van der Waals surface area contributed by atoms with Gasteiger partial charge in [-0.3, -0.25) is 20.6 Å². The number of hydrogen-bond donors (Lipinski definition) is 3. The van der Waals surface area contributed by atoms with E-state index >= 15 is 0 Å². The second kappa shape index (κ2) is 7.20. The van der Waals surface area contributed by atoms with Crippen molar-refractivity contribution in [1.29, 1.82) is 0 Å². The molecule has 0 aliphatic rings. The Morgan fingerprint density at radius 2 is 1.80 bits per heavy atom. The molecule has 0 bridgehead atoms. The van der Waals surface area contributed by atoms with E-state index in [0.717, 1.165) is 5.56 Å². The van der Waals surface area contributed by atoms with Crippen LogP contribution in [0.25, 0.3) is 0 Å². The van der Waals surface area contributed by atoms with E-state index in [1.165, 1.54) is 0 Å². The maximum absolute atomic E-state index is 11.7. The highest BCUT2D eigenvalue weighted by atomic mass is 32.1. The molecule has 102 valence electrons. The summed E-state index contributed by atoms with van der Waals surface area (Å²) in [5, 5.41) is 3.34. The van der Waals surface area contributed by atoms with E-state index in [4.69, 9.17) is 12.2 Å². The van der Waals surface area contributed by atoms with Gasteiger partial charge in [-0.05, 0) is 29.9 Å². The number of rotatable bonds is 3. The Morgan fingerprint density at radius 3 is 2.50 bits per heavy atom. The van der Waals surface area contributed by atoms with Crippen molar-refractivity contribution in [3.63, 3.8) is 0 Å². The number of nitrogens with zero attached hydrogens (tertiary/aromatic N) is 1. The summed E-state index contributed by atoms with van der Waals surface area (Å²) >= 11 is 5.06. The predicted molar refractivity (Wildman–Crippen MR) is 80.7 cm³/mol. The minimum atomic E-state index is -0.338. The Morgan fingerprint density at radius 1 is 1.05 bits per heavy atom. The van der Waals surface area contributed by atoms with E-state index in [1.54, 1.807) is 24.4 Å². The number of nitrogens with one attached hydrogen (secondary N) is 3. The molecular weight excluding hydrogens is 272 g/mol. The van der Waals surface area contributed by atoms with Crippen molar-refractivity contribution in [2.75, 3.05) is 0 Å². The van der Waals surface area contributed by atoms with Crippen molar-refractivity contribution in [3.8, 4) is 0 Å². The molecule has 0 atom stereocenters. The summed E-state index contributed by atoms with van der Waals surface area (Å²) in [7, 11) is 0. The Labute approximate surface area is 122 Å². The van der Waals surface area contributed by atoms with Gasteiger partial charge < -0.3 is 5.32 Å². The molecule has 5 nitrogen and oxygen atoms in total. The smallest absolute Gasteiger partial charge is 0.288 e. The Kier molecular flexibility index (Phi) is 5.02. The lowest BCUT2D eigenvalue weighted by Crippen LogP contribution is -2.46. The summed E-state index contributed by atoms with van der Waals surface area (Å²) < 4.78 is 0. The molecule has 0 unspecified atom stereocenters.